The summed E-state index contributed by atoms with van der Waals surface area (Å²) in [5.41, 5.74) is 1.30. The van der Waals surface area contributed by atoms with Crippen LogP contribution in [0.25, 0.3) is 0 Å². The monoisotopic (exact) mass is 234 g/mol. The van der Waals surface area contributed by atoms with E-state index in [2.05, 4.69) is 12.2 Å². The molecule has 0 unspecified atom stereocenters. The molecule has 0 aliphatic carbocycles. The molecule has 1 atom stereocenters. The molecule has 1 aliphatic rings. The minimum absolute atomic E-state index is 0.0123. The number of nitrogens with zero attached hydrogens (tertiary/aromatic N) is 1. The molecule has 0 bridgehead atoms. The predicted molar refractivity (Wildman–Crippen MR) is 62.8 cm³/mol. The molecule has 1 aromatic carbocycles. The Morgan fingerprint density at radius 3 is 2.88 bits per heavy atom. The van der Waals surface area contributed by atoms with Crippen molar-refractivity contribution in [2.45, 2.75) is 32.2 Å². The number of nitro benzene ring substituents is 1. The van der Waals surface area contributed by atoms with Crippen molar-refractivity contribution in [2.24, 2.45) is 0 Å². The van der Waals surface area contributed by atoms with E-state index in [9.17, 15) is 14.9 Å². The van der Waals surface area contributed by atoms with Crippen LogP contribution in [0.1, 0.15) is 48.1 Å². The molecule has 1 aliphatic heterocycles. The van der Waals surface area contributed by atoms with E-state index in [-0.39, 0.29) is 17.6 Å². The molecule has 0 aromatic heterocycles. The number of fused-ring (bicyclic) bond motifs is 1. The molecular formula is C12H14N2O3. The van der Waals surface area contributed by atoms with Crippen LogP contribution in [0.4, 0.5) is 5.69 Å². The summed E-state index contributed by atoms with van der Waals surface area (Å²) in [6.45, 7) is 2.09. The molecule has 0 radical (unpaired) electrons. The van der Waals surface area contributed by atoms with Crippen LogP contribution in [-0.2, 0) is 0 Å². The highest BCUT2D eigenvalue weighted by atomic mass is 16.6. The normalized spacial score (nSPS) is 17.7. The Morgan fingerprint density at radius 1 is 1.47 bits per heavy atom. The highest BCUT2D eigenvalue weighted by molar-refractivity contribution is 5.99. The first-order valence-electron chi connectivity index (χ1n) is 5.72. The molecule has 2 rings (SSSR count). The fourth-order valence-electron chi connectivity index (χ4n) is 2.11. The van der Waals surface area contributed by atoms with Crippen LogP contribution in [0.2, 0.25) is 0 Å². The summed E-state index contributed by atoms with van der Waals surface area (Å²) >= 11 is 0. The molecule has 0 spiro atoms. The Bertz CT molecular complexity index is 471. The second kappa shape index (κ2) is 4.53. The molecule has 1 heterocycles. The van der Waals surface area contributed by atoms with Gasteiger partial charge in [-0.05, 0) is 18.1 Å². The van der Waals surface area contributed by atoms with Crippen molar-refractivity contribution in [3.05, 3.63) is 39.4 Å². The van der Waals surface area contributed by atoms with Gasteiger partial charge in [0.1, 0.15) is 0 Å². The summed E-state index contributed by atoms with van der Waals surface area (Å²) < 4.78 is 0. The number of carbonyl (C=O) groups is 1. The average molecular weight is 234 g/mol. The SMILES string of the molecule is CCCC[C@@H]1NC(=O)c2cc([N+](=O)[O-])ccc21. The third-order valence-electron chi connectivity index (χ3n) is 3.02. The summed E-state index contributed by atoms with van der Waals surface area (Å²) in [7, 11) is 0. The number of nitrogens with one attached hydrogen (secondary N) is 1. The molecule has 0 saturated carbocycles. The van der Waals surface area contributed by atoms with Crippen LogP contribution in [0.5, 0.6) is 0 Å². The maximum Gasteiger partial charge on any atom is 0.270 e. The van der Waals surface area contributed by atoms with Crippen LogP contribution in [0.15, 0.2) is 18.2 Å². The van der Waals surface area contributed by atoms with Gasteiger partial charge in [0.15, 0.2) is 0 Å². The maximum absolute atomic E-state index is 11.7. The van der Waals surface area contributed by atoms with Gasteiger partial charge >= 0.3 is 0 Å². The van der Waals surface area contributed by atoms with Gasteiger partial charge < -0.3 is 5.32 Å². The van der Waals surface area contributed by atoms with Crippen molar-refractivity contribution >= 4 is 11.6 Å². The summed E-state index contributed by atoms with van der Waals surface area (Å²) in [5.74, 6) is -0.204. The van der Waals surface area contributed by atoms with Gasteiger partial charge in [-0.2, -0.15) is 0 Å². The Morgan fingerprint density at radius 2 is 2.24 bits per heavy atom. The van der Waals surface area contributed by atoms with Crippen LogP contribution in [0.3, 0.4) is 0 Å². The van der Waals surface area contributed by atoms with Gasteiger partial charge in [-0.25, -0.2) is 0 Å². The van der Waals surface area contributed by atoms with Crippen molar-refractivity contribution in [3.8, 4) is 0 Å². The van der Waals surface area contributed by atoms with Crippen molar-refractivity contribution in [3.63, 3.8) is 0 Å². The molecule has 1 aromatic rings. The zero-order valence-electron chi connectivity index (χ0n) is 9.60. The number of carbonyl (C=O) groups excluding carboxylic acids is 1. The Labute approximate surface area is 99.0 Å². The molecule has 0 fully saturated rings. The van der Waals surface area contributed by atoms with Gasteiger partial charge in [-0.15, -0.1) is 0 Å². The Kier molecular flexibility index (Phi) is 3.08. The first-order valence-corrected chi connectivity index (χ1v) is 5.72. The third kappa shape index (κ3) is 2.13. The van der Waals surface area contributed by atoms with Crippen LogP contribution in [0, 0.1) is 10.1 Å². The summed E-state index contributed by atoms with van der Waals surface area (Å²) in [5, 5.41) is 13.5. The Balaban J connectivity index is 2.30. The van der Waals surface area contributed by atoms with Crippen molar-refractivity contribution < 1.29 is 9.72 Å². The van der Waals surface area contributed by atoms with Gasteiger partial charge in [-0.1, -0.05) is 19.8 Å². The van der Waals surface area contributed by atoms with Crippen LogP contribution in [-0.4, -0.2) is 10.8 Å². The summed E-state index contributed by atoms with van der Waals surface area (Å²) in [6.07, 6.45) is 2.98. The second-order valence-corrected chi connectivity index (χ2v) is 4.20. The highest BCUT2D eigenvalue weighted by Gasteiger charge is 2.29. The van der Waals surface area contributed by atoms with E-state index in [1.54, 1.807) is 6.07 Å². The largest absolute Gasteiger partial charge is 0.345 e. The zero-order chi connectivity index (χ0) is 12.4. The highest BCUT2D eigenvalue weighted by Crippen LogP contribution is 2.31. The van der Waals surface area contributed by atoms with Gasteiger partial charge in [0.05, 0.1) is 16.5 Å². The van der Waals surface area contributed by atoms with Gasteiger partial charge in [0.25, 0.3) is 11.6 Å². The smallest absolute Gasteiger partial charge is 0.270 e. The van der Waals surface area contributed by atoms with Gasteiger partial charge in [-0.3, -0.25) is 14.9 Å². The first-order chi connectivity index (χ1) is 8.13. The van der Waals surface area contributed by atoms with E-state index in [1.807, 2.05) is 0 Å². The van der Waals surface area contributed by atoms with Gasteiger partial charge in [0.2, 0.25) is 0 Å². The molecule has 5 heteroatoms. The lowest BCUT2D eigenvalue weighted by atomic mass is 10.00. The summed E-state index contributed by atoms with van der Waals surface area (Å²) in [4.78, 5) is 21.8. The summed E-state index contributed by atoms with van der Waals surface area (Å²) in [6, 6.07) is 4.51. The van der Waals surface area contributed by atoms with Crippen molar-refractivity contribution in [1.82, 2.24) is 5.32 Å². The molecule has 1 N–H and O–H groups in total. The quantitative estimate of drug-likeness (QED) is 0.642. The number of rotatable bonds is 4. The van der Waals surface area contributed by atoms with E-state index in [0.717, 1.165) is 24.8 Å². The number of hydrogen-bond acceptors (Lipinski definition) is 3. The standard InChI is InChI=1S/C12H14N2O3/c1-2-3-4-11-9-6-5-8(14(16)17)7-10(9)12(15)13-11/h5-7,11H,2-4H2,1H3,(H,13,15)/t11-/m0/s1. The van der Waals surface area contributed by atoms with Gasteiger partial charge in [0, 0.05) is 12.1 Å². The van der Waals surface area contributed by atoms with E-state index in [1.165, 1.54) is 12.1 Å². The molecule has 5 nitrogen and oxygen atoms in total. The predicted octanol–water partition coefficient (Wildman–Crippen LogP) is 2.57. The number of hydrogen-bond donors (Lipinski definition) is 1. The van der Waals surface area contributed by atoms with Crippen molar-refractivity contribution in [2.75, 3.05) is 0 Å². The fourth-order valence-corrected chi connectivity index (χ4v) is 2.11. The van der Waals surface area contributed by atoms with E-state index in [4.69, 9.17) is 0 Å². The zero-order valence-corrected chi connectivity index (χ0v) is 9.60. The van der Waals surface area contributed by atoms with E-state index in [0.29, 0.717) is 5.56 Å². The molecule has 90 valence electrons. The topological polar surface area (TPSA) is 72.2 Å². The minimum Gasteiger partial charge on any atom is -0.345 e. The lowest BCUT2D eigenvalue weighted by Gasteiger charge is -2.10. The van der Waals surface area contributed by atoms with Crippen LogP contribution < -0.4 is 5.32 Å². The molecule has 0 saturated heterocycles. The molecule has 17 heavy (non-hydrogen) atoms. The third-order valence-corrected chi connectivity index (χ3v) is 3.02. The lowest BCUT2D eigenvalue weighted by Crippen LogP contribution is -2.18. The molecular weight excluding hydrogens is 220 g/mol. The number of amides is 1. The minimum atomic E-state index is -0.479. The second-order valence-electron chi connectivity index (χ2n) is 4.20. The first kappa shape index (κ1) is 11.6. The van der Waals surface area contributed by atoms with Crippen molar-refractivity contribution in [1.29, 1.82) is 0 Å². The average Bonchev–Trinajstić information content (AvgIpc) is 2.63. The fraction of sp³-hybridized carbons (Fsp3) is 0.417. The maximum atomic E-state index is 11.7. The number of benzene rings is 1. The van der Waals surface area contributed by atoms with Crippen LogP contribution >= 0.6 is 0 Å². The number of nitro groups is 1. The Hall–Kier alpha value is -1.91. The number of unbranched alkanes of at least 4 members (excludes halogenated alkanes) is 1. The number of non-ortho nitro benzene ring substituents is 1. The van der Waals surface area contributed by atoms with E-state index >= 15 is 0 Å². The lowest BCUT2D eigenvalue weighted by molar-refractivity contribution is -0.384. The molecule has 1 amide bonds. The van der Waals surface area contributed by atoms with E-state index < -0.39 is 4.92 Å².